The summed E-state index contributed by atoms with van der Waals surface area (Å²) in [7, 11) is 0. The largest absolute Gasteiger partial charge is 0.388 e. The number of morpholine rings is 1. The lowest BCUT2D eigenvalue weighted by Crippen LogP contribution is -2.53. The zero-order chi connectivity index (χ0) is 16.8. The average molecular weight is 467 g/mol. The Morgan fingerprint density at radius 2 is 1.92 bits per heavy atom. The van der Waals surface area contributed by atoms with E-state index in [1.807, 2.05) is 0 Å². The summed E-state index contributed by atoms with van der Waals surface area (Å²) in [5, 5.41) is 14.1. The highest BCUT2D eigenvalue weighted by atomic mass is 127. The molecule has 0 spiro atoms. The number of nitrogens with zero attached hydrogens (tertiary/aromatic N) is 2. The van der Waals surface area contributed by atoms with Crippen LogP contribution in [0.4, 0.5) is 0 Å². The fraction of sp³-hybridized carbons (Fsp3) is 0.944. The molecular weight excluding hydrogens is 433 g/mol. The first kappa shape index (κ1) is 21.2. The Bertz CT molecular complexity index is 424. The molecule has 2 aliphatic heterocycles. The van der Waals surface area contributed by atoms with Crippen molar-refractivity contribution in [2.24, 2.45) is 4.99 Å². The lowest BCUT2D eigenvalue weighted by Gasteiger charge is -2.38. The Hall–Kier alpha value is -0.120. The van der Waals surface area contributed by atoms with E-state index >= 15 is 0 Å². The maximum Gasteiger partial charge on any atom is 0.194 e. The van der Waals surface area contributed by atoms with Crippen LogP contribution in [0.5, 0.6) is 0 Å². The van der Waals surface area contributed by atoms with Gasteiger partial charge in [-0.1, -0.05) is 19.3 Å². The highest BCUT2D eigenvalue weighted by Crippen LogP contribution is 2.28. The van der Waals surface area contributed by atoms with Crippen LogP contribution in [0.15, 0.2) is 4.99 Å². The minimum Gasteiger partial charge on any atom is -0.388 e. The van der Waals surface area contributed by atoms with Crippen LogP contribution in [-0.2, 0) is 9.47 Å². The van der Waals surface area contributed by atoms with Crippen molar-refractivity contribution in [3.8, 4) is 0 Å². The first-order valence-corrected chi connectivity index (χ1v) is 9.69. The van der Waals surface area contributed by atoms with Gasteiger partial charge in [0.2, 0.25) is 0 Å². The third-order valence-electron chi connectivity index (χ3n) is 5.41. The second-order valence-corrected chi connectivity index (χ2v) is 7.36. The van der Waals surface area contributed by atoms with Crippen molar-refractivity contribution >= 4 is 29.9 Å². The smallest absolute Gasteiger partial charge is 0.194 e. The molecule has 7 heteroatoms. The summed E-state index contributed by atoms with van der Waals surface area (Å²) in [6, 6.07) is 0. The number of halogens is 1. The van der Waals surface area contributed by atoms with Crippen molar-refractivity contribution in [3.05, 3.63) is 0 Å². The van der Waals surface area contributed by atoms with Crippen LogP contribution < -0.4 is 5.32 Å². The molecule has 146 valence electrons. The molecule has 0 aromatic rings. The first-order chi connectivity index (χ1) is 11.7. The maximum atomic E-state index is 10.7. The van der Waals surface area contributed by atoms with E-state index in [0.717, 1.165) is 70.7 Å². The Balaban J connectivity index is 0.00000225. The second-order valence-electron chi connectivity index (χ2n) is 7.36. The standard InChI is InChI=1S/C18H33N3O3.HI/c1-2-19-17(20-14-18(22)8-4-3-5-9-18)21-10-12-24-16(13-21)15-7-6-11-23-15;/h15-16,22H,2-14H2,1H3,(H,19,20);1H. The summed E-state index contributed by atoms with van der Waals surface area (Å²) < 4.78 is 11.7. The molecule has 3 rings (SSSR count). The third-order valence-corrected chi connectivity index (χ3v) is 5.41. The SMILES string of the molecule is CCNC(=NCC1(O)CCCCC1)N1CCOC(C2CCCO2)C1.I. The molecule has 3 fully saturated rings. The number of ether oxygens (including phenoxy) is 2. The molecule has 2 atom stereocenters. The Kier molecular flexibility index (Phi) is 8.71. The topological polar surface area (TPSA) is 66.3 Å². The first-order valence-electron chi connectivity index (χ1n) is 9.69. The Labute approximate surface area is 168 Å². The van der Waals surface area contributed by atoms with Gasteiger partial charge in [-0.3, -0.25) is 4.99 Å². The van der Waals surface area contributed by atoms with E-state index in [-0.39, 0.29) is 36.2 Å². The molecule has 0 aromatic heterocycles. The summed E-state index contributed by atoms with van der Waals surface area (Å²) >= 11 is 0. The number of nitrogens with one attached hydrogen (secondary N) is 1. The molecule has 6 nitrogen and oxygen atoms in total. The van der Waals surface area contributed by atoms with Crippen LogP contribution >= 0.6 is 24.0 Å². The quantitative estimate of drug-likeness (QED) is 0.377. The van der Waals surface area contributed by atoms with Gasteiger partial charge >= 0.3 is 0 Å². The summed E-state index contributed by atoms with van der Waals surface area (Å²) in [6.07, 6.45) is 7.77. The lowest BCUT2D eigenvalue weighted by molar-refractivity contribution is -0.0818. The van der Waals surface area contributed by atoms with E-state index in [2.05, 4.69) is 17.1 Å². The molecule has 0 radical (unpaired) electrons. The van der Waals surface area contributed by atoms with Crippen molar-refractivity contribution in [3.63, 3.8) is 0 Å². The van der Waals surface area contributed by atoms with Crippen molar-refractivity contribution in [2.45, 2.75) is 69.7 Å². The van der Waals surface area contributed by atoms with Crippen LogP contribution in [0.25, 0.3) is 0 Å². The van der Waals surface area contributed by atoms with Crippen molar-refractivity contribution < 1.29 is 14.6 Å². The Morgan fingerprint density at radius 1 is 1.16 bits per heavy atom. The van der Waals surface area contributed by atoms with Crippen LogP contribution in [0.2, 0.25) is 0 Å². The number of aliphatic imine (C=N–C) groups is 1. The van der Waals surface area contributed by atoms with Crippen LogP contribution in [0.1, 0.15) is 51.9 Å². The number of hydrogen-bond donors (Lipinski definition) is 2. The molecule has 1 saturated carbocycles. The molecule has 2 saturated heterocycles. The molecule has 2 heterocycles. The lowest BCUT2D eigenvalue weighted by atomic mass is 9.85. The molecule has 3 aliphatic rings. The van der Waals surface area contributed by atoms with Gasteiger partial charge < -0.3 is 24.8 Å². The number of hydrogen-bond acceptors (Lipinski definition) is 4. The summed E-state index contributed by atoms with van der Waals surface area (Å²) in [6.45, 7) is 6.63. The van der Waals surface area contributed by atoms with Gasteiger partial charge in [-0.25, -0.2) is 0 Å². The zero-order valence-electron chi connectivity index (χ0n) is 15.4. The van der Waals surface area contributed by atoms with Gasteiger partial charge in [0, 0.05) is 26.2 Å². The molecule has 0 bridgehead atoms. The average Bonchev–Trinajstić information content (AvgIpc) is 3.14. The molecular formula is C18H34IN3O3. The van der Waals surface area contributed by atoms with Crippen LogP contribution in [-0.4, -0.2) is 73.2 Å². The van der Waals surface area contributed by atoms with E-state index in [9.17, 15) is 5.11 Å². The Morgan fingerprint density at radius 3 is 2.60 bits per heavy atom. The highest BCUT2D eigenvalue weighted by molar-refractivity contribution is 14.0. The van der Waals surface area contributed by atoms with Gasteiger partial charge in [-0.05, 0) is 32.6 Å². The molecule has 25 heavy (non-hydrogen) atoms. The minimum atomic E-state index is -0.612. The van der Waals surface area contributed by atoms with E-state index in [0.29, 0.717) is 13.2 Å². The normalized spacial score (nSPS) is 30.0. The van der Waals surface area contributed by atoms with Gasteiger partial charge in [0.1, 0.15) is 6.10 Å². The molecule has 2 unspecified atom stereocenters. The van der Waals surface area contributed by atoms with E-state index in [1.165, 1.54) is 6.42 Å². The molecule has 2 N–H and O–H groups in total. The monoisotopic (exact) mass is 467 g/mol. The highest BCUT2D eigenvalue weighted by Gasteiger charge is 2.33. The van der Waals surface area contributed by atoms with Crippen LogP contribution in [0.3, 0.4) is 0 Å². The third kappa shape index (κ3) is 5.94. The zero-order valence-corrected chi connectivity index (χ0v) is 17.7. The van der Waals surface area contributed by atoms with Crippen LogP contribution in [0, 0.1) is 0 Å². The number of rotatable bonds is 4. The van der Waals surface area contributed by atoms with Gasteiger partial charge in [-0.2, -0.15) is 0 Å². The minimum absolute atomic E-state index is 0. The molecule has 1 aliphatic carbocycles. The fourth-order valence-corrected chi connectivity index (χ4v) is 4.00. The van der Waals surface area contributed by atoms with Gasteiger partial charge in [0.25, 0.3) is 0 Å². The van der Waals surface area contributed by atoms with E-state index in [1.54, 1.807) is 0 Å². The van der Waals surface area contributed by atoms with Gasteiger partial charge in [0.05, 0.1) is 24.9 Å². The van der Waals surface area contributed by atoms with Crippen molar-refractivity contribution in [2.75, 3.05) is 39.4 Å². The van der Waals surface area contributed by atoms with E-state index < -0.39 is 5.60 Å². The van der Waals surface area contributed by atoms with Gasteiger partial charge in [-0.15, -0.1) is 24.0 Å². The second kappa shape index (κ2) is 10.3. The van der Waals surface area contributed by atoms with Gasteiger partial charge in [0.15, 0.2) is 5.96 Å². The summed E-state index contributed by atoms with van der Waals surface area (Å²) in [5.74, 6) is 0.905. The van der Waals surface area contributed by atoms with Crippen molar-refractivity contribution in [1.29, 1.82) is 0 Å². The number of aliphatic hydroxyl groups is 1. The number of guanidine groups is 1. The maximum absolute atomic E-state index is 10.7. The predicted molar refractivity (Wildman–Crippen MR) is 110 cm³/mol. The van der Waals surface area contributed by atoms with Crippen molar-refractivity contribution in [1.82, 2.24) is 10.2 Å². The molecule has 0 aromatic carbocycles. The summed E-state index contributed by atoms with van der Waals surface area (Å²) in [4.78, 5) is 7.05. The predicted octanol–water partition coefficient (Wildman–Crippen LogP) is 2.14. The summed E-state index contributed by atoms with van der Waals surface area (Å²) in [5.41, 5.74) is -0.612. The fourth-order valence-electron chi connectivity index (χ4n) is 4.00. The molecule has 0 amide bonds. The van der Waals surface area contributed by atoms with E-state index in [4.69, 9.17) is 14.5 Å².